The molecular weight excluding hydrogens is 299 g/mol. The Morgan fingerprint density at radius 1 is 1.26 bits per heavy atom. The second-order valence-corrected chi connectivity index (χ2v) is 4.86. The first-order chi connectivity index (χ1) is 11.1. The smallest absolute Gasteiger partial charge is 0.253 e. The van der Waals surface area contributed by atoms with Crippen LogP contribution in [-0.4, -0.2) is 28.3 Å². The zero-order valence-electron chi connectivity index (χ0n) is 12.0. The molecule has 0 saturated heterocycles. The highest BCUT2D eigenvalue weighted by Gasteiger charge is 2.13. The Morgan fingerprint density at radius 3 is 2.91 bits per heavy atom. The van der Waals surface area contributed by atoms with Gasteiger partial charge in [-0.2, -0.15) is 0 Å². The maximum atomic E-state index is 13.3. The first-order valence-corrected chi connectivity index (χ1v) is 6.88. The standard InChI is InChI=1S/C16H13FN4O2/c17-10-3-4-14-12(6-10)13(8-19-14)16(23)20-9-15(22)21-11-2-1-5-18-7-11/h1-8,19H,9H2,(H,20,23)(H,21,22). The van der Waals surface area contributed by atoms with Crippen LogP contribution >= 0.6 is 0 Å². The van der Waals surface area contributed by atoms with Crippen LogP contribution in [0, 0.1) is 5.82 Å². The first kappa shape index (κ1) is 14.7. The van der Waals surface area contributed by atoms with Gasteiger partial charge in [-0.1, -0.05) is 0 Å². The lowest BCUT2D eigenvalue weighted by Gasteiger charge is -2.06. The summed E-state index contributed by atoms with van der Waals surface area (Å²) in [7, 11) is 0. The van der Waals surface area contributed by atoms with Crippen molar-refractivity contribution in [2.75, 3.05) is 11.9 Å². The number of carbonyl (C=O) groups is 2. The molecule has 0 saturated carbocycles. The average molecular weight is 312 g/mol. The molecule has 3 aromatic rings. The van der Waals surface area contributed by atoms with Crippen LogP contribution in [0.4, 0.5) is 10.1 Å². The van der Waals surface area contributed by atoms with Crippen molar-refractivity contribution in [2.24, 2.45) is 0 Å². The lowest BCUT2D eigenvalue weighted by molar-refractivity contribution is -0.115. The molecule has 7 heteroatoms. The number of fused-ring (bicyclic) bond motifs is 1. The van der Waals surface area contributed by atoms with Crippen LogP contribution in [0.15, 0.2) is 48.9 Å². The molecule has 1 aromatic carbocycles. The maximum Gasteiger partial charge on any atom is 0.253 e. The molecule has 0 aliphatic carbocycles. The van der Waals surface area contributed by atoms with Gasteiger partial charge < -0.3 is 15.6 Å². The Balaban J connectivity index is 1.64. The number of aromatic amines is 1. The van der Waals surface area contributed by atoms with Gasteiger partial charge in [-0.05, 0) is 30.3 Å². The van der Waals surface area contributed by atoms with Crippen LogP contribution in [0.3, 0.4) is 0 Å². The molecule has 0 bridgehead atoms. The number of rotatable bonds is 4. The van der Waals surface area contributed by atoms with Crippen molar-refractivity contribution in [3.05, 3.63) is 60.3 Å². The van der Waals surface area contributed by atoms with Gasteiger partial charge in [0.2, 0.25) is 5.91 Å². The molecule has 2 amide bonds. The number of hydrogen-bond acceptors (Lipinski definition) is 3. The number of benzene rings is 1. The average Bonchev–Trinajstić information content (AvgIpc) is 2.96. The van der Waals surface area contributed by atoms with Gasteiger partial charge in [0.25, 0.3) is 5.91 Å². The van der Waals surface area contributed by atoms with Crippen LogP contribution in [0.2, 0.25) is 0 Å². The highest BCUT2D eigenvalue weighted by atomic mass is 19.1. The second kappa shape index (κ2) is 6.27. The van der Waals surface area contributed by atoms with Gasteiger partial charge in [0.1, 0.15) is 5.82 Å². The number of halogens is 1. The van der Waals surface area contributed by atoms with Crippen molar-refractivity contribution in [1.29, 1.82) is 0 Å². The molecule has 0 atom stereocenters. The summed E-state index contributed by atoms with van der Waals surface area (Å²) in [4.78, 5) is 30.7. The molecule has 23 heavy (non-hydrogen) atoms. The Bertz CT molecular complexity index is 861. The summed E-state index contributed by atoms with van der Waals surface area (Å²) in [5.41, 5.74) is 1.48. The SMILES string of the molecule is O=C(CNC(=O)c1c[nH]c2ccc(F)cc12)Nc1cccnc1. The molecule has 6 nitrogen and oxygen atoms in total. The molecule has 0 fully saturated rings. The third-order valence-electron chi connectivity index (χ3n) is 3.24. The topological polar surface area (TPSA) is 86.9 Å². The quantitative estimate of drug-likeness (QED) is 0.689. The molecule has 2 aromatic heterocycles. The molecule has 0 radical (unpaired) electrons. The fraction of sp³-hybridized carbons (Fsp3) is 0.0625. The van der Waals surface area contributed by atoms with E-state index in [2.05, 4.69) is 20.6 Å². The summed E-state index contributed by atoms with van der Waals surface area (Å²) in [5.74, 6) is -1.26. The number of nitrogens with zero attached hydrogens (tertiary/aromatic N) is 1. The fourth-order valence-corrected chi connectivity index (χ4v) is 2.18. The Morgan fingerprint density at radius 2 is 2.13 bits per heavy atom. The van der Waals surface area contributed by atoms with E-state index in [1.54, 1.807) is 24.4 Å². The van der Waals surface area contributed by atoms with Crippen molar-refractivity contribution < 1.29 is 14.0 Å². The van der Waals surface area contributed by atoms with Gasteiger partial charge in [-0.3, -0.25) is 14.6 Å². The van der Waals surface area contributed by atoms with Crippen LogP contribution < -0.4 is 10.6 Å². The minimum absolute atomic E-state index is 0.199. The molecule has 3 rings (SSSR count). The Hall–Kier alpha value is -3.22. The highest BCUT2D eigenvalue weighted by Crippen LogP contribution is 2.19. The summed E-state index contributed by atoms with van der Waals surface area (Å²) in [6.45, 7) is -0.199. The number of nitrogens with one attached hydrogen (secondary N) is 3. The van der Waals surface area contributed by atoms with Gasteiger partial charge in [0.15, 0.2) is 0 Å². The fourth-order valence-electron chi connectivity index (χ4n) is 2.18. The van der Waals surface area contributed by atoms with Gasteiger partial charge in [-0.15, -0.1) is 0 Å². The van der Waals surface area contributed by atoms with Crippen molar-refractivity contribution in [3.63, 3.8) is 0 Å². The van der Waals surface area contributed by atoms with E-state index in [4.69, 9.17) is 0 Å². The van der Waals surface area contributed by atoms with Gasteiger partial charge in [-0.25, -0.2) is 4.39 Å². The number of carbonyl (C=O) groups excluding carboxylic acids is 2. The molecular formula is C16H13FN4O2. The minimum atomic E-state index is -0.455. The van der Waals surface area contributed by atoms with E-state index in [1.807, 2.05) is 0 Å². The number of anilines is 1. The number of hydrogen-bond donors (Lipinski definition) is 3. The van der Waals surface area contributed by atoms with Gasteiger partial charge in [0, 0.05) is 23.3 Å². The largest absolute Gasteiger partial charge is 0.360 e. The van der Waals surface area contributed by atoms with Crippen LogP contribution in [0.25, 0.3) is 10.9 Å². The normalized spacial score (nSPS) is 10.5. The highest BCUT2D eigenvalue weighted by molar-refractivity contribution is 6.08. The summed E-state index contributed by atoms with van der Waals surface area (Å²) >= 11 is 0. The Kier molecular flexibility index (Phi) is 4.01. The predicted molar refractivity (Wildman–Crippen MR) is 83.5 cm³/mol. The van der Waals surface area contributed by atoms with E-state index in [0.29, 0.717) is 16.6 Å². The zero-order chi connectivity index (χ0) is 16.2. The van der Waals surface area contributed by atoms with Crippen LogP contribution in [0.5, 0.6) is 0 Å². The number of amides is 2. The van der Waals surface area contributed by atoms with Crippen LogP contribution in [0.1, 0.15) is 10.4 Å². The molecule has 0 spiro atoms. The summed E-state index contributed by atoms with van der Waals surface area (Å²) < 4.78 is 13.3. The minimum Gasteiger partial charge on any atom is -0.360 e. The predicted octanol–water partition coefficient (Wildman–Crippen LogP) is 2.07. The number of pyridine rings is 1. The van der Waals surface area contributed by atoms with E-state index in [1.165, 1.54) is 24.5 Å². The molecule has 0 aliphatic rings. The van der Waals surface area contributed by atoms with Crippen molar-refractivity contribution in [3.8, 4) is 0 Å². The molecule has 3 N–H and O–H groups in total. The zero-order valence-corrected chi connectivity index (χ0v) is 12.0. The van der Waals surface area contributed by atoms with E-state index in [0.717, 1.165) is 0 Å². The summed E-state index contributed by atoms with van der Waals surface area (Å²) in [6, 6.07) is 7.51. The van der Waals surface area contributed by atoms with E-state index < -0.39 is 11.7 Å². The number of aromatic nitrogens is 2. The monoisotopic (exact) mass is 312 g/mol. The lowest BCUT2D eigenvalue weighted by atomic mass is 10.1. The van der Waals surface area contributed by atoms with E-state index in [-0.39, 0.29) is 18.0 Å². The van der Waals surface area contributed by atoms with E-state index in [9.17, 15) is 14.0 Å². The lowest BCUT2D eigenvalue weighted by Crippen LogP contribution is -2.32. The Labute approximate surface area is 130 Å². The van der Waals surface area contributed by atoms with Crippen molar-refractivity contribution in [1.82, 2.24) is 15.3 Å². The van der Waals surface area contributed by atoms with Crippen molar-refractivity contribution >= 4 is 28.4 Å². The van der Waals surface area contributed by atoms with Crippen LogP contribution in [-0.2, 0) is 4.79 Å². The molecule has 0 aliphatic heterocycles. The van der Waals surface area contributed by atoms with E-state index >= 15 is 0 Å². The van der Waals surface area contributed by atoms with Gasteiger partial charge >= 0.3 is 0 Å². The number of H-pyrrole nitrogens is 1. The molecule has 0 unspecified atom stereocenters. The third-order valence-corrected chi connectivity index (χ3v) is 3.24. The first-order valence-electron chi connectivity index (χ1n) is 6.88. The second-order valence-electron chi connectivity index (χ2n) is 4.86. The third kappa shape index (κ3) is 3.34. The molecule has 116 valence electrons. The maximum absolute atomic E-state index is 13.3. The summed E-state index contributed by atoms with van der Waals surface area (Å²) in [5, 5.41) is 5.58. The van der Waals surface area contributed by atoms with Crippen molar-refractivity contribution in [2.45, 2.75) is 0 Å². The molecule has 2 heterocycles. The summed E-state index contributed by atoms with van der Waals surface area (Å²) in [6.07, 6.45) is 4.58. The van der Waals surface area contributed by atoms with Gasteiger partial charge in [0.05, 0.1) is 24.0 Å².